The summed E-state index contributed by atoms with van der Waals surface area (Å²) in [5, 5.41) is 6.08. The Bertz CT molecular complexity index is 1830. The zero-order chi connectivity index (χ0) is 32.4. The molecule has 3 N–H and O–H groups in total. The van der Waals surface area contributed by atoms with E-state index in [9.17, 15) is 44.7 Å². The fourth-order valence-corrected chi connectivity index (χ4v) is 6.02. The van der Waals surface area contributed by atoms with Gasteiger partial charge in [-0.25, -0.2) is 22.0 Å². The monoisotopic (exact) mass is 635 g/mol. The maximum absolute atomic E-state index is 14.2. The van der Waals surface area contributed by atoms with E-state index in [-0.39, 0.29) is 34.5 Å². The molecule has 2 aliphatic rings. The number of alkyl halides is 5. The molecule has 2 aliphatic carbocycles. The molecule has 2 heterocycles. The normalized spacial score (nSPS) is 18.7. The summed E-state index contributed by atoms with van der Waals surface area (Å²) in [5.41, 5.74) is 3.32. The molecule has 3 unspecified atom stereocenters. The summed E-state index contributed by atoms with van der Waals surface area (Å²) >= 11 is 0. The van der Waals surface area contributed by atoms with Crippen LogP contribution in [-0.4, -0.2) is 32.5 Å². The quantitative estimate of drug-likeness (QED) is 0.250. The number of nitrogens with two attached hydrogens (primary N) is 1. The molecule has 2 aromatic carbocycles. The lowest BCUT2D eigenvalue weighted by Gasteiger charge is -2.22. The van der Waals surface area contributed by atoms with E-state index in [1.165, 1.54) is 24.4 Å². The summed E-state index contributed by atoms with van der Waals surface area (Å²) < 4.78 is 112. The lowest BCUT2D eigenvalue weighted by molar-refractivity contribution is -0.142. The van der Waals surface area contributed by atoms with Crippen molar-refractivity contribution in [3.63, 3.8) is 0 Å². The van der Waals surface area contributed by atoms with E-state index < -0.39 is 89.0 Å². The number of aromatic nitrogens is 3. The van der Waals surface area contributed by atoms with E-state index in [0.29, 0.717) is 6.07 Å². The average Bonchev–Trinajstić information content (AvgIpc) is 3.23. The highest BCUT2D eigenvalue weighted by molar-refractivity contribution is 5.94. The molecule has 1 fully saturated rings. The maximum atomic E-state index is 14.2. The van der Waals surface area contributed by atoms with Gasteiger partial charge in [0.1, 0.15) is 24.0 Å². The minimum Gasteiger partial charge on any atom is -0.366 e. The van der Waals surface area contributed by atoms with Crippen molar-refractivity contribution in [2.75, 3.05) is 0 Å². The SMILES string of the molecule is NC(=O)c1cc(-c2cccnc2C(Cc2cc(F)cc(F)c2)NC(=O)Cn2nc(C(F)(F)F)c3c2CC2C3C2(F)F)ccc1F. The van der Waals surface area contributed by atoms with Crippen molar-refractivity contribution in [3.8, 4) is 11.1 Å². The number of benzene rings is 2. The Kier molecular flexibility index (Phi) is 7.16. The van der Waals surface area contributed by atoms with Crippen molar-refractivity contribution in [3.05, 3.63) is 106 Å². The Morgan fingerprint density at radius 2 is 1.78 bits per heavy atom. The topological polar surface area (TPSA) is 103 Å². The largest absolute Gasteiger partial charge is 0.435 e. The van der Waals surface area contributed by atoms with Crippen LogP contribution < -0.4 is 11.1 Å². The highest BCUT2D eigenvalue weighted by Crippen LogP contribution is 2.68. The fraction of sp³-hybridized carbons (Fsp3) is 0.267. The molecule has 1 saturated carbocycles. The third-order valence-corrected chi connectivity index (χ3v) is 8.00. The van der Waals surface area contributed by atoms with E-state index in [1.54, 1.807) is 0 Å². The number of carbonyl (C=O) groups excluding carboxylic acids is 2. The van der Waals surface area contributed by atoms with Crippen LogP contribution in [0.5, 0.6) is 0 Å². The average molecular weight is 636 g/mol. The third kappa shape index (κ3) is 5.51. The number of fused-ring (bicyclic) bond motifs is 3. The molecule has 4 aromatic rings. The first-order chi connectivity index (χ1) is 21.1. The van der Waals surface area contributed by atoms with E-state index in [4.69, 9.17) is 5.73 Å². The van der Waals surface area contributed by atoms with Crippen LogP contribution in [0.1, 0.15) is 50.5 Å². The molecule has 45 heavy (non-hydrogen) atoms. The van der Waals surface area contributed by atoms with Crippen molar-refractivity contribution >= 4 is 11.8 Å². The molecule has 2 amide bonds. The van der Waals surface area contributed by atoms with Crippen molar-refractivity contribution in [1.29, 1.82) is 0 Å². The molecule has 0 spiro atoms. The Hall–Kier alpha value is -4.82. The number of hydrogen-bond acceptors (Lipinski definition) is 4. The van der Waals surface area contributed by atoms with Gasteiger partial charge in [-0.1, -0.05) is 12.1 Å². The van der Waals surface area contributed by atoms with Gasteiger partial charge in [0.2, 0.25) is 5.91 Å². The Balaban J connectivity index is 1.36. The van der Waals surface area contributed by atoms with Crippen molar-refractivity contribution in [1.82, 2.24) is 20.1 Å². The summed E-state index contributed by atoms with van der Waals surface area (Å²) in [4.78, 5) is 29.4. The zero-order valence-corrected chi connectivity index (χ0v) is 22.8. The van der Waals surface area contributed by atoms with Crippen LogP contribution >= 0.6 is 0 Å². The predicted octanol–water partition coefficient (Wildman–Crippen LogP) is 5.49. The smallest absolute Gasteiger partial charge is 0.366 e. The summed E-state index contributed by atoms with van der Waals surface area (Å²) in [5.74, 6) is -10.9. The number of nitrogens with one attached hydrogen (secondary N) is 1. The van der Waals surface area contributed by atoms with Crippen molar-refractivity contribution in [2.24, 2.45) is 11.7 Å². The molecule has 15 heteroatoms. The summed E-state index contributed by atoms with van der Waals surface area (Å²) in [6, 6.07) is 7.96. The first-order valence-electron chi connectivity index (χ1n) is 13.5. The highest BCUT2D eigenvalue weighted by atomic mass is 19.4. The van der Waals surface area contributed by atoms with Gasteiger partial charge in [0.15, 0.2) is 5.69 Å². The number of nitrogens with zero attached hydrogens (tertiary/aromatic N) is 3. The van der Waals surface area contributed by atoms with Gasteiger partial charge in [-0.3, -0.25) is 19.3 Å². The molecule has 7 nitrogen and oxygen atoms in total. The number of halogens is 8. The first kappa shape index (κ1) is 30.2. The summed E-state index contributed by atoms with van der Waals surface area (Å²) in [6.07, 6.45) is -4.36. The first-order valence-corrected chi connectivity index (χ1v) is 13.5. The Labute approximate surface area is 249 Å². The van der Waals surface area contributed by atoms with Crippen molar-refractivity contribution < 1.29 is 44.7 Å². The molecule has 0 aliphatic heterocycles. The van der Waals surface area contributed by atoms with Crippen LogP contribution in [0.4, 0.5) is 35.1 Å². The minimum atomic E-state index is -5.04. The van der Waals surface area contributed by atoms with Crippen LogP contribution in [0.15, 0.2) is 54.7 Å². The van der Waals surface area contributed by atoms with Gasteiger partial charge < -0.3 is 11.1 Å². The lowest BCUT2D eigenvalue weighted by atomic mass is 9.94. The van der Waals surface area contributed by atoms with Crippen LogP contribution in [-0.2, 0) is 30.4 Å². The van der Waals surface area contributed by atoms with Gasteiger partial charge in [-0.15, -0.1) is 0 Å². The van der Waals surface area contributed by atoms with Crippen molar-refractivity contribution in [2.45, 2.75) is 43.4 Å². The van der Waals surface area contributed by atoms with E-state index in [1.807, 2.05) is 0 Å². The van der Waals surface area contributed by atoms with Crippen LogP contribution in [0, 0.1) is 23.4 Å². The third-order valence-electron chi connectivity index (χ3n) is 8.00. The molecule has 3 atom stereocenters. The highest BCUT2D eigenvalue weighted by Gasteiger charge is 2.74. The number of primary amides is 1. The van der Waals surface area contributed by atoms with Crippen LogP contribution in [0.3, 0.4) is 0 Å². The standard InChI is InChI=1S/C30H21F8N5O2/c31-15-6-13(7-16(32)10-15)8-21(26-17(2-1-5-40-26)14-3-4-20(33)18(9-14)28(39)45)41-23(44)12-43-22-11-19-25(29(19,34)35)24(22)27(42-43)30(36,37)38/h1-7,9-10,19,21,25H,8,11-12H2,(H2,39,45)(H,41,44). The van der Waals surface area contributed by atoms with Crippen LogP contribution in [0.2, 0.25) is 0 Å². The van der Waals surface area contributed by atoms with E-state index >= 15 is 0 Å². The fourth-order valence-electron chi connectivity index (χ4n) is 6.02. The molecular formula is C30H21F8N5O2. The molecule has 2 aromatic heterocycles. The number of rotatable bonds is 8. The second-order valence-electron chi connectivity index (χ2n) is 10.9. The number of pyridine rings is 1. The van der Waals surface area contributed by atoms with Crippen LogP contribution in [0.25, 0.3) is 11.1 Å². The van der Waals surface area contributed by atoms with Gasteiger partial charge in [0, 0.05) is 35.0 Å². The Morgan fingerprint density at radius 3 is 2.44 bits per heavy atom. The molecule has 0 radical (unpaired) electrons. The molecule has 6 rings (SSSR count). The lowest BCUT2D eigenvalue weighted by Crippen LogP contribution is -2.34. The molecule has 0 saturated heterocycles. The summed E-state index contributed by atoms with van der Waals surface area (Å²) in [7, 11) is 0. The van der Waals surface area contributed by atoms with Gasteiger partial charge in [-0.2, -0.15) is 18.3 Å². The van der Waals surface area contributed by atoms with Gasteiger partial charge in [0.05, 0.1) is 23.2 Å². The molecule has 234 valence electrons. The van der Waals surface area contributed by atoms with E-state index in [0.717, 1.165) is 28.9 Å². The Morgan fingerprint density at radius 1 is 1.07 bits per heavy atom. The van der Waals surface area contributed by atoms with Gasteiger partial charge >= 0.3 is 6.18 Å². The maximum Gasteiger partial charge on any atom is 0.435 e. The molecule has 0 bridgehead atoms. The van der Waals surface area contributed by atoms with E-state index in [2.05, 4.69) is 15.4 Å². The second-order valence-corrected chi connectivity index (χ2v) is 10.9. The van der Waals surface area contributed by atoms with Gasteiger partial charge in [0.25, 0.3) is 11.8 Å². The second kappa shape index (κ2) is 10.7. The summed E-state index contributed by atoms with van der Waals surface area (Å²) in [6.45, 7) is -0.790. The number of hydrogen-bond donors (Lipinski definition) is 2. The minimum absolute atomic E-state index is 0.0768. The number of carbonyl (C=O) groups is 2. The number of amides is 2. The predicted molar refractivity (Wildman–Crippen MR) is 141 cm³/mol. The molecular weight excluding hydrogens is 614 g/mol. The zero-order valence-electron chi connectivity index (χ0n) is 22.8. The van der Waals surface area contributed by atoms with Gasteiger partial charge in [-0.05, 0) is 54.3 Å².